The first kappa shape index (κ1) is 7.80. The molecule has 3 heteroatoms. The molecule has 2 rings (SSSR count). The molecule has 1 aliphatic heterocycles. The first-order chi connectivity index (χ1) is 5.92. The highest BCUT2D eigenvalue weighted by molar-refractivity contribution is 4.95. The largest absolute Gasteiger partial charge is 0.379 e. The van der Waals surface area contributed by atoms with Crippen LogP contribution in [0.4, 0.5) is 0 Å². The molecule has 12 heavy (non-hydrogen) atoms. The predicted octanol–water partition coefficient (Wildman–Crippen LogP) is 1.41. The average molecular weight is 166 g/mol. The van der Waals surface area contributed by atoms with Gasteiger partial charge in [-0.05, 0) is 6.42 Å². The van der Waals surface area contributed by atoms with Crippen molar-refractivity contribution >= 4 is 0 Å². The van der Waals surface area contributed by atoms with Gasteiger partial charge in [0.1, 0.15) is 5.82 Å². The fourth-order valence-corrected chi connectivity index (χ4v) is 1.69. The molecule has 2 heterocycles. The van der Waals surface area contributed by atoms with Crippen LogP contribution in [-0.4, -0.2) is 22.8 Å². The Kier molecular flexibility index (Phi) is 2.13. The molecule has 66 valence electrons. The lowest BCUT2D eigenvalue weighted by molar-refractivity contribution is 0.186. The van der Waals surface area contributed by atoms with Crippen molar-refractivity contribution in [2.45, 2.75) is 25.8 Å². The molecule has 0 spiro atoms. The number of rotatable bonds is 2. The molecule has 1 saturated heterocycles. The number of ether oxygens (including phenoxy) is 1. The maximum atomic E-state index is 5.33. The van der Waals surface area contributed by atoms with E-state index < -0.39 is 0 Å². The maximum Gasteiger partial charge on any atom is 0.108 e. The van der Waals surface area contributed by atoms with Gasteiger partial charge in [0, 0.05) is 25.4 Å². The van der Waals surface area contributed by atoms with E-state index in [-0.39, 0.29) is 0 Å². The number of imidazole rings is 1. The quantitative estimate of drug-likeness (QED) is 0.664. The zero-order chi connectivity index (χ0) is 8.39. The van der Waals surface area contributed by atoms with E-state index in [9.17, 15) is 0 Å². The molecule has 1 unspecified atom stereocenters. The number of hydrogen-bond donors (Lipinski definition) is 0. The Morgan fingerprint density at radius 2 is 2.67 bits per heavy atom. The van der Waals surface area contributed by atoms with Gasteiger partial charge in [0.25, 0.3) is 0 Å². The summed E-state index contributed by atoms with van der Waals surface area (Å²) in [6, 6.07) is 0.530. The van der Waals surface area contributed by atoms with Gasteiger partial charge in [0.15, 0.2) is 0 Å². The Morgan fingerprint density at radius 1 is 1.75 bits per heavy atom. The van der Waals surface area contributed by atoms with E-state index in [0.717, 1.165) is 26.1 Å². The molecule has 1 aromatic heterocycles. The van der Waals surface area contributed by atoms with Crippen LogP contribution in [0.1, 0.15) is 25.2 Å². The third kappa shape index (κ3) is 1.25. The summed E-state index contributed by atoms with van der Waals surface area (Å²) < 4.78 is 7.57. The van der Waals surface area contributed by atoms with Gasteiger partial charge in [-0.1, -0.05) is 6.92 Å². The fourth-order valence-electron chi connectivity index (χ4n) is 1.69. The number of nitrogens with zero attached hydrogens (tertiary/aromatic N) is 2. The third-order valence-electron chi connectivity index (χ3n) is 2.36. The summed E-state index contributed by atoms with van der Waals surface area (Å²) >= 11 is 0. The van der Waals surface area contributed by atoms with Crippen LogP contribution in [-0.2, 0) is 11.2 Å². The molecule has 1 aromatic rings. The van der Waals surface area contributed by atoms with Crippen LogP contribution in [0, 0.1) is 0 Å². The smallest absolute Gasteiger partial charge is 0.108 e. The van der Waals surface area contributed by atoms with E-state index >= 15 is 0 Å². The first-order valence-electron chi connectivity index (χ1n) is 4.51. The molecule has 0 saturated carbocycles. The molecule has 0 N–H and O–H groups in total. The fraction of sp³-hybridized carbons (Fsp3) is 0.667. The molecule has 1 atom stereocenters. The minimum Gasteiger partial charge on any atom is -0.379 e. The van der Waals surface area contributed by atoms with E-state index in [1.807, 2.05) is 6.20 Å². The lowest BCUT2D eigenvalue weighted by atomic mass is 10.2. The second-order valence-electron chi connectivity index (χ2n) is 3.12. The van der Waals surface area contributed by atoms with Gasteiger partial charge in [0.2, 0.25) is 0 Å². The summed E-state index contributed by atoms with van der Waals surface area (Å²) in [4.78, 5) is 4.29. The molecular formula is C9H14N2O. The Hall–Kier alpha value is -0.830. The number of aryl methyl sites for hydroxylation is 1. The molecule has 0 aromatic carbocycles. The van der Waals surface area contributed by atoms with Crippen molar-refractivity contribution in [2.24, 2.45) is 0 Å². The minimum atomic E-state index is 0.530. The second kappa shape index (κ2) is 3.27. The Bertz CT molecular complexity index is 251. The van der Waals surface area contributed by atoms with Crippen molar-refractivity contribution in [3.8, 4) is 0 Å². The SMILES string of the molecule is CCc1nccn1C1CCOC1. The van der Waals surface area contributed by atoms with Crippen LogP contribution in [0.15, 0.2) is 12.4 Å². The first-order valence-corrected chi connectivity index (χ1v) is 4.51. The molecule has 0 amide bonds. The van der Waals surface area contributed by atoms with Gasteiger partial charge in [0.05, 0.1) is 12.6 Å². The molecule has 0 bridgehead atoms. The summed E-state index contributed by atoms with van der Waals surface area (Å²) in [7, 11) is 0. The van der Waals surface area contributed by atoms with Crippen molar-refractivity contribution in [3.63, 3.8) is 0 Å². The molecular weight excluding hydrogens is 152 g/mol. The van der Waals surface area contributed by atoms with E-state index in [1.165, 1.54) is 5.82 Å². The lowest BCUT2D eigenvalue weighted by Gasteiger charge is -2.11. The molecule has 3 nitrogen and oxygen atoms in total. The lowest BCUT2D eigenvalue weighted by Crippen LogP contribution is -2.10. The van der Waals surface area contributed by atoms with Gasteiger partial charge in [-0.15, -0.1) is 0 Å². The zero-order valence-electron chi connectivity index (χ0n) is 7.36. The molecule has 0 aliphatic carbocycles. The standard InChI is InChI=1S/C9H14N2O/c1-2-9-10-4-5-11(9)8-3-6-12-7-8/h4-5,8H,2-3,6-7H2,1H3. The Morgan fingerprint density at radius 3 is 3.33 bits per heavy atom. The van der Waals surface area contributed by atoms with E-state index in [0.29, 0.717) is 6.04 Å². The van der Waals surface area contributed by atoms with Gasteiger partial charge in [-0.3, -0.25) is 0 Å². The minimum absolute atomic E-state index is 0.530. The zero-order valence-corrected chi connectivity index (χ0v) is 7.36. The van der Waals surface area contributed by atoms with E-state index in [4.69, 9.17) is 4.74 Å². The highest BCUT2D eigenvalue weighted by Gasteiger charge is 2.18. The van der Waals surface area contributed by atoms with Crippen LogP contribution < -0.4 is 0 Å². The predicted molar refractivity (Wildman–Crippen MR) is 46.1 cm³/mol. The molecule has 0 radical (unpaired) electrons. The van der Waals surface area contributed by atoms with Crippen molar-refractivity contribution in [1.82, 2.24) is 9.55 Å². The van der Waals surface area contributed by atoms with Crippen LogP contribution in [0.3, 0.4) is 0 Å². The van der Waals surface area contributed by atoms with Crippen LogP contribution in [0.2, 0.25) is 0 Å². The summed E-state index contributed by atoms with van der Waals surface area (Å²) in [6.45, 7) is 3.88. The highest BCUT2D eigenvalue weighted by Crippen LogP contribution is 2.20. The van der Waals surface area contributed by atoms with Crippen LogP contribution >= 0.6 is 0 Å². The van der Waals surface area contributed by atoms with Crippen LogP contribution in [0.5, 0.6) is 0 Å². The third-order valence-corrected chi connectivity index (χ3v) is 2.36. The van der Waals surface area contributed by atoms with Crippen molar-refractivity contribution in [1.29, 1.82) is 0 Å². The Labute approximate surface area is 72.4 Å². The van der Waals surface area contributed by atoms with Gasteiger partial charge < -0.3 is 9.30 Å². The van der Waals surface area contributed by atoms with Crippen molar-refractivity contribution < 1.29 is 4.74 Å². The van der Waals surface area contributed by atoms with Gasteiger partial charge >= 0.3 is 0 Å². The van der Waals surface area contributed by atoms with E-state index in [2.05, 4.69) is 22.7 Å². The van der Waals surface area contributed by atoms with E-state index in [1.54, 1.807) is 0 Å². The normalized spacial score (nSPS) is 23.2. The average Bonchev–Trinajstić information content (AvgIpc) is 2.74. The number of hydrogen-bond acceptors (Lipinski definition) is 2. The van der Waals surface area contributed by atoms with Crippen molar-refractivity contribution in [3.05, 3.63) is 18.2 Å². The second-order valence-corrected chi connectivity index (χ2v) is 3.12. The van der Waals surface area contributed by atoms with Gasteiger partial charge in [-0.25, -0.2) is 4.98 Å². The summed E-state index contributed by atoms with van der Waals surface area (Å²) in [6.07, 6.45) is 6.06. The number of aromatic nitrogens is 2. The molecule has 1 aliphatic rings. The van der Waals surface area contributed by atoms with Gasteiger partial charge in [-0.2, -0.15) is 0 Å². The monoisotopic (exact) mass is 166 g/mol. The Balaban J connectivity index is 2.19. The highest BCUT2D eigenvalue weighted by atomic mass is 16.5. The molecule has 1 fully saturated rings. The summed E-state index contributed by atoms with van der Waals surface area (Å²) in [5, 5.41) is 0. The summed E-state index contributed by atoms with van der Waals surface area (Å²) in [5.41, 5.74) is 0. The maximum absolute atomic E-state index is 5.33. The van der Waals surface area contributed by atoms with Crippen LogP contribution in [0.25, 0.3) is 0 Å². The topological polar surface area (TPSA) is 27.1 Å². The van der Waals surface area contributed by atoms with Crippen molar-refractivity contribution in [2.75, 3.05) is 13.2 Å². The summed E-state index contributed by atoms with van der Waals surface area (Å²) in [5.74, 6) is 1.17.